The average molecular weight is 516 g/mol. The number of nitrogens with one attached hydrogen (secondary N) is 1. The Morgan fingerprint density at radius 1 is 1.16 bits per heavy atom. The summed E-state index contributed by atoms with van der Waals surface area (Å²) in [6, 6.07) is 6.34. The summed E-state index contributed by atoms with van der Waals surface area (Å²) in [6.45, 7) is 3.67. The van der Waals surface area contributed by atoms with Gasteiger partial charge in [0.1, 0.15) is 31.7 Å². The van der Waals surface area contributed by atoms with E-state index in [-0.39, 0.29) is 44.4 Å². The molecule has 0 aromatic heterocycles. The number of hydrogen-bond acceptors (Lipinski definition) is 10. The lowest BCUT2D eigenvalue weighted by atomic mass is 9.90. The smallest absolute Gasteiger partial charge is 0.348 e. The molecule has 4 rings (SSSR count). The van der Waals surface area contributed by atoms with Crippen LogP contribution in [0.25, 0.3) is 6.08 Å². The maximum absolute atomic E-state index is 12.8. The number of fused-ring (bicyclic) bond motifs is 1. The van der Waals surface area contributed by atoms with E-state index in [1.54, 1.807) is 44.2 Å². The highest BCUT2D eigenvalue weighted by Gasteiger charge is 2.46. The Morgan fingerprint density at radius 2 is 1.92 bits per heavy atom. The molecular weight excluding hydrogens is 486 g/mol. The van der Waals surface area contributed by atoms with E-state index in [9.17, 15) is 19.2 Å². The summed E-state index contributed by atoms with van der Waals surface area (Å²) < 4.78 is 26.9. The molecule has 198 valence electrons. The van der Waals surface area contributed by atoms with Crippen LogP contribution in [0.5, 0.6) is 0 Å². The van der Waals surface area contributed by atoms with Crippen LogP contribution >= 0.6 is 0 Å². The molecule has 2 saturated heterocycles. The molecule has 2 fully saturated rings. The molecule has 0 bridgehead atoms. The van der Waals surface area contributed by atoms with Crippen LogP contribution in [0.2, 0.25) is 0 Å². The number of aliphatic hydroxyl groups is 1. The Kier molecular flexibility index (Phi) is 8.06. The third kappa shape index (κ3) is 6.24. The van der Waals surface area contributed by atoms with Gasteiger partial charge < -0.3 is 34.1 Å². The molecule has 0 unspecified atom stereocenters. The van der Waals surface area contributed by atoms with Crippen molar-refractivity contribution in [2.45, 2.75) is 44.7 Å². The van der Waals surface area contributed by atoms with Gasteiger partial charge in [0.05, 0.1) is 12.2 Å². The largest absolute Gasteiger partial charge is 0.462 e. The first kappa shape index (κ1) is 26.5. The highest BCUT2D eigenvalue weighted by atomic mass is 16.7. The molecule has 37 heavy (non-hydrogen) atoms. The second kappa shape index (κ2) is 11.2. The Labute approximate surface area is 213 Å². The lowest BCUT2D eigenvalue weighted by Gasteiger charge is -2.30. The van der Waals surface area contributed by atoms with Crippen LogP contribution in [-0.4, -0.2) is 79.9 Å². The number of aliphatic hydroxyl groups excluding tert-OH is 1. The average Bonchev–Trinajstić information content (AvgIpc) is 3.46. The van der Waals surface area contributed by atoms with Crippen molar-refractivity contribution in [1.29, 1.82) is 0 Å². The number of carbonyl (C=O) groups is 4. The van der Waals surface area contributed by atoms with E-state index in [0.717, 1.165) is 0 Å². The number of amides is 1. The van der Waals surface area contributed by atoms with E-state index in [4.69, 9.17) is 28.8 Å². The minimum Gasteiger partial charge on any atom is -0.462 e. The number of benzene rings is 1. The number of rotatable bonds is 8. The molecule has 0 saturated carbocycles. The first-order chi connectivity index (χ1) is 17.7. The zero-order chi connectivity index (χ0) is 26.6. The van der Waals surface area contributed by atoms with Gasteiger partial charge in [0, 0.05) is 30.0 Å². The van der Waals surface area contributed by atoms with Crippen molar-refractivity contribution >= 4 is 29.9 Å². The van der Waals surface area contributed by atoms with Crippen molar-refractivity contribution in [3.05, 3.63) is 53.1 Å². The van der Waals surface area contributed by atoms with Crippen molar-refractivity contribution in [2.75, 3.05) is 26.6 Å². The van der Waals surface area contributed by atoms with Crippen LogP contribution in [0.3, 0.4) is 0 Å². The highest BCUT2D eigenvalue weighted by molar-refractivity contribution is 5.94. The number of esters is 3. The summed E-state index contributed by atoms with van der Waals surface area (Å²) in [5.74, 6) is -2.22. The van der Waals surface area contributed by atoms with E-state index in [1.165, 1.54) is 12.2 Å². The molecule has 1 aliphatic carbocycles. The molecule has 4 atom stereocenters. The van der Waals surface area contributed by atoms with Crippen molar-refractivity contribution in [3.8, 4) is 0 Å². The third-order valence-corrected chi connectivity index (χ3v) is 6.25. The summed E-state index contributed by atoms with van der Waals surface area (Å²) in [7, 11) is 0. The maximum atomic E-state index is 12.8. The fourth-order valence-corrected chi connectivity index (χ4v) is 4.20. The van der Waals surface area contributed by atoms with Gasteiger partial charge in [-0.2, -0.15) is 0 Å². The third-order valence-electron chi connectivity index (χ3n) is 6.25. The summed E-state index contributed by atoms with van der Waals surface area (Å²) in [5, 5.41) is 11.5. The first-order valence-electron chi connectivity index (χ1n) is 11.9. The fourth-order valence-electron chi connectivity index (χ4n) is 4.20. The van der Waals surface area contributed by atoms with Gasteiger partial charge in [-0.15, -0.1) is 0 Å². The predicted octanol–water partition coefficient (Wildman–Crippen LogP) is 0.900. The molecule has 11 heteroatoms. The lowest BCUT2D eigenvalue weighted by Crippen LogP contribution is -2.43. The first-order valence-corrected chi connectivity index (χ1v) is 11.9. The van der Waals surface area contributed by atoms with Crippen LogP contribution in [0, 0.1) is 5.41 Å². The fraction of sp³-hybridized carbons (Fsp3) is 0.462. The summed E-state index contributed by atoms with van der Waals surface area (Å²) >= 11 is 0. The normalized spacial score (nSPS) is 26.2. The molecule has 0 radical (unpaired) electrons. The Hall–Kier alpha value is -3.54. The van der Waals surface area contributed by atoms with Gasteiger partial charge in [0.15, 0.2) is 0 Å². The van der Waals surface area contributed by atoms with Crippen molar-refractivity contribution in [2.24, 2.45) is 5.41 Å². The van der Waals surface area contributed by atoms with E-state index in [1.807, 2.05) is 0 Å². The summed E-state index contributed by atoms with van der Waals surface area (Å²) in [4.78, 5) is 49.1. The minimum atomic E-state index is -0.966. The molecule has 2 heterocycles. The highest BCUT2D eigenvalue weighted by Crippen LogP contribution is 2.32. The van der Waals surface area contributed by atoms with E-state index in [0.29, 0.717) is 11.1 Å². The van der Waals surface area contributed by atoms with Crippen molar-refractivity contribution in [3.63, 3.8) is 0 Å². The summed E-state index contributed by atoms with van der Waals surface area (Å²) in [6.07, 6.45) is 1.73. The molecule has 1 aromatic rings. The molecule has 0 spiro atoms. The second-order valence-electron chi connectivity index (χ2n) is 9.57. The molecule has 2 N–H and O–H groups in total. The van der Waals surface area contributed by atoms with Crippen molar-refractivity contribution < 1.29 is 48.0 Å². The van der Waals surface area contributed by atoms with Gasteiger partial charge >= 0.3 is 17.9 Å². The minimum absolute atomic E-state index is 0.0221. The molecule has 1 aromatic carbocycles. The van der Waals surface area contributed by atoms with E-state index < -0.39 is 47.7 Å². The lowest BCUT2D eigenvalue weighted by molar-refractivity contribution is -0.159. The zero-order valence-corrected chi connectivity index (χ0v) is 20.5. The molecule has 1 amide bonds. The monoisotopic (exact) mass is 515 g/mol. The van der Waals surface area contributed by atoms with Crippen molar-refractivity contribution in [1.82, 2.24) is 5.32 Å². The Bertz CT molecular complexity index is 1110. The molecule has 2 aliphatic heterocycles. The van der Waals surface area contributed by atoms with Crippen LogP contribution in [-0.2, 0) is 38.1 Å². The van der Waals surface area contributed by atoms with Crippen LogP contribution in [0.1, 0.15) is 36.2 Å². The zero-order valence-electron chi connectivity index (χ0n) is 20.5. The van der Waals surface area contributed by atoms with Gasteiger partial charge in [-0.25, -0.2) is 14.4 Å². The Morgan fingerprint density at radius 3 is 2.59 bits per heavy atom. The van der Waals surface area contributed by atoms with Crippen LogP contribution < -0.4 is 5.32 Å². The number of ether oxygens (including phenoxy) is 5. The Balaban J connectivity index is 1.35. The van der Waals surface area contributed by atoms with Gasteiger partial charge in [0.25, 0.3) is 0 Å². The SMILES string of the molecule is CC1(C)COC(=O)[C@@H]1OC(=O)C=Cc1ccc(C(=O)O[C@@H]2CC(C(=O)NCCO)=C[C@H]3OCO[C@H]32)cc1. The number of carbonyl (C=O) groups excluding carboxylic acids is 4. The van der Waals surface area contributed by atoms with Gasteiger partial charge in [-0.3, -0.25) is 4.79 Å². The molecule has 3 aliphatic rings. The second-order valence-corrected chi connectivity index (χ2v) is 9.57. The topological polar surface area (TPSA) is 147 Å². The van der Waals surface area contributed by atoms with Gasteiger partial charge in [-0.05, 0) is 29.8 Å². The van der Waals surface area contributed by atoms with Gasteiger partial charge in [-0.1, -0.05) is 26.0 Å². The van der Waals surface area contributed by atoms with E-state index in [2.05, 4.69) is 5.32 Å². The number of cyclic esters (lactones) is 1. The predicted molar refractivity (Wildman–Crippen MR) is 127 cm³/mol. The molecular formula is C26H29NO10. The van der Waals surface area contributed by atoms with Crippen LogP contribution in [0.15, 0.2) is 42.0 Å². The van der Waals surface area contributed by atoms with Gasteiger partial charge in [0.2, 0.25) is 12.0 Å². The van der Waals surface area contributed by atoms with Crippen LogP contribution in [0.4, 0.5) is 0 Å². The quantitative estimate of drug-likeness (QED) is 0.291. The summed E-state index contributed by atoms with van der Waals surface area (Å²) in [5.41, 5.74) is 0.681. The standard InChI is InChI=1S/C26H29NO10/c1-26(2)13-33-25(32)22(26)37-20(29)8-5-15-3-6-16(7-4-15)24(31)36-19-12-17(23(30)27-9-10-28)11-18-21(19)35-14-34-18/h3-8,11,18-19,21-22,28H,9-10,12-14H2,1-2H3,(H,27,30)/t18-,19-,21-,22+/m1/s1. The maximum Gasteiger partial charge on any atom is 0.348 e. The molecule has 11 nitrogen and oxygen atoms in total. The van der Waals surface area contributed by atoms with E-state index >= 15 is 0 Å². The number of hydrogen-bond donors (Lipinski definition) is 2.